The molecule has 1 aliphatic heterocycles. The molecule has 1 aromatic heterocycles. The molecule has 5 heteroatoms. The van der Waals surface area contributed by atoms with Crippen LogP contribution >= 0.6 is 11.3 Å². The summed E-state index contributed by atoms with van der Waals surface area (Å²) in [6.07, 6.45) is 2.23. The van der Waals surface area contributed by atoms with Crippen molar-refractivity contribution in [2.75, 3.05) is 33.2 Å². The van der Waals surface area contributed by atoms with Gasteiger partial charge in [-0.05, 0) is 54.7 Å². The van der Waals surface area contributed by atoms with Crippen LogP contribution in [0.15, 0.2) is 16.8 Å². The lowest BCUT2D eigenvalue weighted by molar-refractivity contribution is 0.204. The zero-order valence-electron chi connectivity index (χ0n) is 12.9. The van der Waals surface area contributed by atoms with Gasteiger partial charge in [0.25, 0.3) is 0 Å². The van der Waals surface area contributed by atoms with Gasteiger partial charge in [-0.2, -0.15) is 11.3 Å². The van der Waals surface area contributed by atoms with E-state index in [0.29, 0.717) is 17.9 Å². The minimum absolute atomic E-state index is 0.138. The van der Waals surface area contributed by atoms with Gasteiger partial charge in [0.05, 0.1) is 0 Å². The first-order valence-corrected chi connectivity index (χ1v) is 8.87. The van der Waals surface area contributed by atoms with Crippen molar-refractivity contribution in [2.24, 2.45) is 5.92 Å². The molecule has 21 heavy (non-hydrogen) atoms. The van der Waals surface area contributed by atoms with Gasteiger partial charge in [-0.3, -0.25) is 0 Å². The number of likely N-dealkylation sites (tertiary alicyclic amines) is 1. The lowest BCUT2D eigenvalue weighted by atomic mass is 10.1. The van der Waals surface area contributed by atoms with Crippen LogP contribution in [-0.4, -0.2) is 55.1 Å². The van der Waals surface area contributed by atoms with E-state index in [1.807, 2.05) is 4.90 Å². The summed E-state index contributed by atoms with van der Waals surface area (Å²) in [5.74, 6) is 1.18. The van der Waals surface area contributed by atoms with E-state index in [4.69, 9.17) is 0 Å². The Morgan fingerprint density at radius 1 is 1.57 bits per heavy atom. The molecular formula is C16H25N3OS. The number of urea groups is 1. The third-order valence-corrected chi connectivity index (χ3v) is 5.45. The highest BCUT2D eigenvalue weighted by Crippen LogP contribution is 2.41. The maximum Gasteiger partial charge on any atom is 0.317 e. The number of hydrogen-bond acceptors (Lipinski definition) is 3. The minimum atomic E-state index is 0.138. The highest BCUT2D eigenvalue weighted by Gasteiger charge is 2.41. The third kappa shape index (κ3) is 3.58. The van der Waals surface area contributed by atoms with E-state index in [0.717, 1.165) is 39.0 Å². The monoisotopic (exact) mass is 307 g/mol. The van der Waals surface area contributed by atoms with E-state index in [1.165, 1.54) is 5.56 Å². The molecule has 116 valence electrons. The second-order valence-electron chi connectivity index (χ2n) is 6.41. The molecule has 2 aliphatic rings. The summed E-state index contributed by atoms with van der Waals surface area (Å²) in [5, 5.41) is 7.51. The van der Waals surface area contributed by atoms with Crippen molar-refractivity contribution in [3.05, 3.63) is 22.4 Å². The predicted octanol–water partition coefficient (Wildman–Crippen LogP) is 2.59. The van der Waals surface area contributed by atoms with Crippen LogP contribution in [0.25, 0.3) is 0 Å². The van der Waals surface area contributed by atoms with Crippen molar-refractivity contribution in [1.82, 2.24) is 15.1 Å². The van der Waals surface area contributed by atoms with Gasteiger partial charge in [-0.25, -0.2) is 4.79 Å². The topological polar surface area (TPSA) is 35.6 Å². The highest BCUT2D eigenvalue weighted by atomic mass is 32.1. The Morgan fingerprint density at radius 3 is 3.14 bits per heavy atom. The summed E-state index contributed by atoms with van der Waals surface area (Å²) < 4.78 is 0. The fourth-order valence-corrected chi connectivity index (χ4v) is 3.92. The van der Waals surface area contributed by atoms with Crippen LogP contribution in [-0.2, 0) is 0 Å². The molecule has 1 aliphatic carbocycles. The van der Waals surface area contributed by atoms with Crippen molar-refractivity contribution in [3.63, 3.8) is 0 Å². The summed E-state index contributed by atoms with van der Waals surface area (Å²) in [6, 6.07) is 2.66. The predicted molar refractivity (Wildman–Crippen MR) is 86.8 cm³/mol. The lowest BCUT2D eigenvalue weighted by Gasteiger charge is -2.20. The van der Waals surface area contributed by atoms with Crippen LogP contribution in [0.4, 0.5) is 4.79 Å². The fourth-order valence-electron chi connectivity index (χ4n) is 3.19. The standard InChI is InChI=1S/C16H25N3OS/c1-3-18(2)9-12-4-6-19(10-12)16(20)17-15-8-14(15)13-5-7-21-11-13/h5,7,11-12,14-15H,3-4,6,8-10H2,1-2H3,(H,17,20)/t12?,14-,15+/m0/s1. The van der Waals surface area contributed by atoms with Gasteiger partial charge in [0.1, 0.15) is 0 Å². The molecule has 2 amide bonds. The zero-order valence-corrected chi connectivity index (χ0v) is 13.7. The van der Waals surface area contributed by atoms with Crippen molar-refractivity contribution in [2.45, 2.75) is 31.7 Å². The molecule has 0 aromatic carbocycles. The largest absolute Gasteiger partial charge is 0.335 e. The molecule has 0 bridgehead atoms. The summed E-state index contributed by atoms with van der Waals surface area (Å²) in [5.41, 5.74) is 1.38. The molecule has 2 heterocycles. The van der Waals surface area contributed by atoms with Crippen molar-refractivity contribution < 1.29 is 4.79 Å². The van der Waals surface area contributed by atoms with E-state index < -0.39 is 0 Å². The Kier molecular flexibility index (Phi) is 4.50. The Labute approximate surface area is 131 Å². The number of carbonyl (C=O) groups is 1. The molecule has 1 saturated heterocycles. The Hall–Kier alpha value is -1.07. The molecule has 1 aromatic rings. The van der Waals surface area contributed by atoms with Crippen LogP contribution in [0.5, 0.6) is 0 Å². The first-order chi connectivity index (χ1) is 10.2. The number of nitrogens with zero attached hydrogens (tertiary/aromatic N) is 2. The minimum Gasteiger partial charge on any atom is -0.335 e. The van der Waals surface area contributed by atoms with Gasteiger partial charge >= 0.3 is 6.03 Å². The average Bonchev–Trinajstić information content (AvgIpc) is 2.92. The first-order valence-electron chi connectivity index (χ1n) is 7.93. The molecule has 1 saturated carbocycles. The van der Waals surface area contributed by atoms with Crippen LogP contribution < -0.4 is 5.32 Å². The molecule has 1 N–H and O–H groups in total. The van der Waals surface area contributed by atoms with E-state index in [2.05, 4.69) is 41.0 Å². The Bertz CT molecular complexity index is 476. The summed E-state index contributed by atoms with van der Waals surface area (Å²) in [7, 11) is 2.15. The zero-order chi connectivity index (χ0) is 14.8. The average molecular weight is 307 g/mol. The number of thiophene rings is 1. The van der Waals surface area contributed by atoms with Crippen LogP contribution in [0.2, 0.25) is 0 Å². The second-order valence-corrected chi connectivity index (χ2v) is 7.19. The maximum atomic E-state index is 12.3. The smallest absolute Gasteiger partial charge is 0.317 e. The van der Waals surface area contributed by atoms with Gasteiger partial charge in [0.15, 0.2) is 0 Å². The van der Waals surface area contributed by atoms with E-state index in [1.54, 1.807) is 11.3 Å². The van der Waals surface area contributed by atoms with Crippen molar-refractivity contribution >= 4 is 17.4 Å². The number of nitrogens with one attached hydrogen (secondary N) is 1. The lowest BCUT2D eigenvalue weighted by Crippen LogP contribution is -2.40. The van der Waals surface area contributed by atoms with Crippen molar-refractivity contribution in [1.29, 1.82) is 0 Å². The fraction of sp³-hybridized carbons (Fsp3) is 0.688. The third-order valence-electron chi connectivity index (χ3n) is 4.75. The van der Waals surface area contributed by atoms with Crippen LogP contribution in [0, 0.1) is 5.92 Å². The van der Waals surface area contributed by atoms with E-state index in [-0.39, 0.29) is 6.03 Å². The van der Waals surface area contributed by atoms with Gasteiger partial charge in [-0.15, -0.1) is 0 Å². The Balaban J connectivity index is 1.43. The maximum absolute atomic E-state index is 12.3. The van der Waals surface area contributed by atoms with Gasteiger partial charge in [0, 0.05) is 31.6 Å². The van der Waals surface area contributed by atoms with E-state index in [9.17, 15) is 4.79 Å². The van der Waals surface area contributed by atoms with Gasteiger partial charge in [0.2, 0.25) is 0 Å². The highest BCUT2D eigenvalue weighted by molar-refractivity contribution is 7.08. The van der Waals surface area contributed by atoms with Gasteiger partial charge in [-0.1, -0.05) is 6.92 Å². The second kappa shape index (κ2) is 6.36. The Morgan fingerprint density at radius 2 is 2.43 bits per heavy atom. The van der Waals surface area contributed by atoms with Crippen LogP contribution in [0.1, 0.15) is 31.2 Å². The molecule has 3 atom stereocenters. The van der Waals surface area contributed by atoms with Crippen LogP contribution in [0.3, 0.4) is 0 Å². The molecule has 4 nitrogen and oxygen atoms in total. The number of hydrogen-bond donors (Lipinski definition) is 1. The molecular weight excluding hydrogens is 282 g/mol. The summed E-state index contributed by atoms with van der Waals surface area (Å²) >= 11 is 1.73. The summed E-state index contributed by atoms with van der Waals surface area (Å²) in [4.78, 5) is 16.6. The normalized spacial score (nSPS) is 28.1. The molecule has 1 unspecified atom stereocenters. The number of amides is 2. The number of rotatable bonds is 5. The first kappa shape index (κ1) is 14.9. The van der Waals surface area contributed by atoms with Gasteiger partial charge < -0.3 is 15.1 Å². The molecule has 2 fully saturated rings. The molecule has 0 spiro atoms. The summed E-state index contributed by atoms with van der Waals surface area (Å²) in [6.45, 7) is 6.17. The number of carbonyl (C=O) groups excluding carboxylic acids is 1. The molecule has 3 rings (SSSR count). The van der Waals surface area contributed by atoms with Crippen molar-refractivity contribution in [3.8, 4) is 0 Å². The molecule has 0 radical (unpaired) electrons. The SMILES string of the molecule is CCN(C)CC1CCN(C(=O)N[C@@H]2C[C@H]2c2ccsc2)C1. The van der Waals surface area contributed by atoms with E-state index >= 15 is 0 Å². The quantitative estimate of drug-likeness (QED) is 0.907.